The van der Waals surface area contributed by atoms with Crippen LogP contribution in [0, 0.1) is 5.82 Å². The largest absolute Gasteiger partial charge is 0.494 e. The first kappa shape index (κ1) is 35.6. The molecule has 1 N–H and O–H groups in total. The number of hydrogen-bond acceptors (Lipinski definition) is 5. The highest BCUT2D eigenvalue weighted by molar-refractivity contribution is 9.10. The van der Waals surface area contributed by atoms with Crippen molar-refractivity contribution in [3.63, 3.8) is 0 Å². The molecule has 0 aliphatic rings. The van der Waals surface area contributed by atoms with Crippen molar-refractivity contribution in [2.75, 3.05) is 17.5 Å². The van der Waals surface area contributed by atoms with E-state index in [0.29, 0.717) is 18.8 Å². The maximum absolute atomic E-state index is 14.5. The van der Waals surface area contributed by atoms with Crippen LogP contribution in [0.1, 0.15) is 38.3 Å². The third-order valence-electron chi connectivity index (χ3n) is 7.65. The number of rotatable bonds is 15. The van der Waals surface area contributed by atoms with Gasteiger partial charge in [0.2, 0.25) is 11.8 Å². The van der Waals surface area contributed by atoms with Crippen LogP contribution in [0.5, 0.6) is 5.75 Å². The summed E-state index contributed by atoms with van der Waals surface area (Å²) in [5.74, 6) is -0.997. The molecule has 0 radical (unpaired) electrons. The van der Waals surface area contributed by atoms with E-state index in [-0.39, 0.29) is 35.5 Å². The summed E-state index contributed by atoms with van der Waals surface area (Å²) in [6, 6.07) is 26.4. The van der Waals surface area contributed by atoms with Crippen LogP contribution in [0.2, 0.25) is 0 Å². The van der Waals surface area contributed by atoms with Gasteiger partial charge in [-0.2, -0.15) is 0 Å². The van der Waals surface area contributed by atoms with Gasteiger partial charge in [0, 0.05) is 23.5 Å². The summed E-state index contributed by atoms with van der Waals surface area (Å²) in [6.45, 7) is 5.53. The van der Waals surface area contributed by atoms with Crippen LogP contribution in [-0.2, 0) is 32.6 Å². The Labute approximate surface area is 284 Å². The highest BCUT2D eigenvalue weighted by Gasteiger charge is 2.35. The second kappa shape index (κ2) is 16.6. The van der Waals surface area contributed by atoms with Crippen LogP contribution < -0.4 is 14.4 Å². The molecule has 248 valence electrons. The van der Waals surface area contributed by atoms with Crippen LogP contribution in [-0.4, -0.2) is 50.4 Å². The number of ether oxygens (including phenoxy) is 1. The van der Waals surface area contributed by atoms with E-state index in [0.717, 1.165) is 44.2 Å². The maximum atomic E-state index is 14.5. The highest BCUT2D eigenvalue weighted by Crippen LogP contribution is 2.27. The van der Waals surface area contributed by atoms with Gasteiger partial charge in [0.15, 0.2) is 0 Å². The maximum Gasteiger partial charge on any atom is 0.264 e. The van der Waals surface area contributed by atoms with Crippen molar-refractivity contribution in [1.82, 2.24) is 10.2 Å². The monoisotopic (exact) mass is 723 g/mol. The fourth-order valence-electron chi connectivity index (χ4n) is 4.92. The van der Waals surface area contributed by atoms with Crippen molar-refractivity contribution in [1.29, 1.82) is 0 Å². The molecule has 0 saturated heterocycles. The smallest absolute Gasteiger partial charge is 0.264 e. The van der Waals surface area contributed by atoms with Gasteiger partial charge in [0.1, 0.15) is 24.2 Å². The lowest BCUT2D eigenvalue weighted by molar-refractivity contribution is -0.140. The predicted octanol–water partition coefficient (Wildman–Crippen LogP) is 6.74. The Bertz CT molecular complexity index is 1720. The molecule has 11 heteroatoms. The van der Waals surface area contributed by atoms with Gasteiger partial charge in [-0.1, -0.05) is 65.3 Å². The van der Waals surface area contributed by atoms with Crippen LogP contribution >= 0.6 is 15.9 Å². The summed E-state index contributed by atoms with van der Waals surface area (Å²) in [6.07, 6.45) is 0.894. The fourth-order valence-corrected chi connectivity index (χ4v) is 6.60. The number of sulfonamides is 1. The molecule has 4 aromatic carbocycles. The second-order valence-corrected chi connectivity index (χ2v) is 13.8. The van der Waals surface area contributed by atoms with Gasteiger partial charge in [0.25, 0.3) is 10.0 Å². The number of carbonyl (C=O) groups excluding carboxylic acids is 2. The van der Waals surface area contributed by atoms with E-state index in [1.807, 2.05) is 75.4 Å². The number of nitrogens with one attached hydrogen (secondary N) is 1. The quantitative estimate of drug-likeness (QED) is 0.147. The second-order valence-electron chi connectivity index (χ2n) is 11.1. The average molecular weight is 725 g/mol. The van der Waals surface area contributed by atoms with Crippen LogP contribution in [0.4, 0.5) is 10.1 Å². The van der Waals surface area contributed by atoms with Crippen LogP contribution in [0.15, 0.2) is 112 Å². The molecular formula is C36H39BrFN3O5S. The van der Waals surface area contributed by atoms with E-state index in [9.17, 15) is 22.4 Å². The van der Waals surface area contributed by atoms with Crippen molar-refractivity contribution in [2.45, 2.75) is 57.1 Å². The van der Waals surface area contributed by atoms with Crippen molar-refractivity contribution in [3.05, 3.63) is 125 Å². The van der Waals surface area contributed by atoms with Gasteiger partial charge in [-0.3, -0.25) is 13.9 Å². The van der Waals surface area contributed by atoms with Crippen LogP contribution in [0.3, 0.4) is 0 Å². The van der Waals surface area contributed by atoms with Crippen molar-refractivity contribution >= 4 is 43.5 Å². The summed E-state index contributed by atoms with van der Waals surface area (Å²) in [7, 11) is -4.36. The Kier molecular flexibility index (Phi) is 12.6. The van der Waals surface area contributed by atoms with Gasteiger partial charge in [0.05, 0.1) is 17.2 Å². The number of nitrogens with zero attached hydrogens (tertiary/aromatic N) is 2. The van der Waals surface area contributed by atoms with Gasteiger partial charge in [-0.05, 0) is 92.1 Å². The molecule has 4 rings (SSSR count). The van der Waals surface area contributed by atoms with E-state index in [1.54, 1.807) is 24.3 Å². The molecule has 0 heterocycles. The predicted molar refractivity (Wildman–Crippen MR) is 185 cm³/mol. The summed E-state index contributed by atoms with van der Waals surface area (Å²) >= 11 is 3.44. The summed E-state index contributed by atoms with van der Waals surface area (Å²) in [5.41, 5.74) is 1.80. The van der Waals surface area contributed by atoms with Gasteiger partial charge < -0.3 is 15.0 Å². The number of anilines is 1. The number of halogens is 2. The minimum Gasteiger partial charge on any atom is -0.494 e. The molecule has 0 saturated carbocycles. The minimum absolute atomic E-state index is 0.0469. The molecule has 0 fully saturated rings. The Morgan fingerprint density at radius 3 is 2.11 bits per heavy atom. The molecule has 4 aromatic rings. The molecule has 0 aliphatic carbocycles. The number of hydrogen-bond donors (Lipinski definition) is 1. The summed E-state index contributed by atoms with van der Waals surface area (Å²) < 4.78 is 49.4. The van der Waals surface area contributed by atoms with Crippen LogP contribution in [0.25, 0.3) is 0 Å². The molecular weight excluding hydrogens is 685 g/mol. The molecule has 2 amide bonds. The number of carbonyl (C=O) groups is 2. The molecule has 8 nitrogen and oxygen atoms in total. The van der Waals surface area contributed by atoms with E-state index >= 15 is 0 Å². The van der Waals surface area contributed by atoms with E-state index in [2.05, 4.69) is 21.2 Å². The zero-order valence-corrected chi connectivity index (χ0v) is 29.0. The summed E-state index contributed by atoms with van der Waals surface area (Å²) in [5, 5.41) is 3.02. The molecule has 0 aromatic heterocycles. The zero-order valence-electron chi connectivity index (χ0n) is 26.6. The first-order chi connectivity index (χ1) is 22.5. The Morgan fingerprint density at radius 1 is 0.872 bits per heavy atom. The molecule has 0 bridgehead atoms. The molecule has 0 unspecified atom stereocenters. The number of benzene rings is 4. The van der Waals surface area contributed by atoms with E-state index < -0.39 is 34.3 Å². The Balaban J connectivity index is 1.80. The summed E-state index contributed by atoms with van der Waals surface area (Å²) in [4.78, 5) is 29.7. The topological polar surface area (TPSA) is 96.0 Å². The Hall–Kier alpha value is -4.22. The van der Waals surface area contributed by atoms with Crippen molar-refractivity contribution in [2.24, 2.45) is 0 Å². The lowest BCUT2D eigenvalue weighted by atomic mass is 10.0. The van der Waals surface area contributed by atoms with E-state index in [4.69, 9.17) is 4.74 Å². The highest BCUT2D eigenvalue weighted by atomic mass is 79.9. The van der Waals surface area contributed by atoms with Crippen molar-refractivity contribution < 1.29 is 27.1 Å². The lowest BCUT2D eigenvalue weighted by Crippen LogP contribution is -2.54. The SMILES string of the molecule is CCOc1ccc(N(CC(=O)N(Cc2ccc(Br)cc2)[C@H](Cc2ccccc2)C(=O)N[C@H](C)CC)S(=O)(=O)c2ccc(F)cc2)cc1. The molecule has 2 atom stereocenters. The van der Waals surface area contributed by atoms with Crippen molar-refractivity contribution in [3.8, 4) is 5.75 Å². The Morgan fingerprint density at radius 2 is 1.51 bits per heavy atom. The lowest BCUT2D eigenvalue weighted by Gasteiger charge is -2.34. The molecule has 0 aliphatic heterocycles. The normalized spacial score (nSPS) is 12.5. The standard InChI is InChI=1S/C36H39BrFN3O5S/c1-4-26(3)39-36(43)34(23-27-9-7-6-8-10-27)40(24-28-11-13-29(37)14-12-28)35(42)25-41(31-17-19-32(20-18-31)46-5-2)47(44,45)33-21-15-30(38)16-22-33/h6-22,26,34H,4-5,23-25H2,1-3H3,(H,39,43)/t26-,34-/m1/s1. The minimum atomic E-state index is -4.36. The molecule has 47 heavy (non-hydrogen) atoms. The van der Waals surface area contributed by atoms with Gasteiger partial charge in [-0.15, -0.1) is 0 Å². The zero-order chi connectivity index (χ0) is 34.0. The van der Waals surface area contributed by atoms with Gasteiger partial charge >= 0.3 is 0 Å². The first-order valence-electron chi connectivity index (χ1n) is 15.4. The van der Waals surface area contributed by atoms with Gasteiger partial charge in [-0.25, -0.2) is 12.8 Å². The fraction of sp³-hybridized carbons (Fsp3) is 0.278. The number of amides is 2. The average Bonchev–Trinajstić information content (AvgIpc) is 3.07. The third kappa shape index (κ3) is 9.65. The third-order valence-corrected chi connectivity index (χ3v) is 9.97. The first-order valence-corrected chi connectivity index (χ1v) is 17.6. The molecule has 0 spiro atoms. The van der Waals surface area contributed by atoms with E-state index in [1.165, 1.54) is 4.90 Å².